The monoisotopic (exact) mass is 154 g/mol. The molecular formula is C9H14S. The summed E-state index contributed by atoms with van der Waals surface area (Å²) in [5.74, 6) is 0.638. The van der Waals surface area contributed by atoms with Crippen molar-refractivity contribution in [3.63, 3.8) is 0 Å². The summed E-state index contributed by atoms with van der Waals surface area (Å²) in [6.45, 7) is 6.55. The van der Waals surface area contributed by atoms with Crippen LogP contribution in [0.4, 0.5) is 0 Å². The second-order valence-electron chi connectivity index (χ2n) is 3.21. The van der Waals surface area contributed by atoms with Gasteiger partial charge in [0.25, 0.3) is 0 Å². The molecule has 0 aromatic rings. The fourth-order valence-electron chi connectivity index (χ4n) is 1.33. The van der Waals surface area contributed by atoms with Gasteiger partial charge in [0.2, 0.25) is 0 Å². The third-order valence-electron chi connectivity index (χ3n) is 2.41. The molecule has 0 aliphatic heterocycles. The minimum atomic E-state index is 0.638. The van der Waals surface area contributed by atoms with Gasteiger partial charge in [-0.1, -0.05) is 24.7 Å². The van der Waals surface area contributed by atoms with Gasteiger partial charge in [-0.2, -0.15) is 0 Å². The molecule has 0 spiro atoms. The van der Waals surface area contributed by atoms with Crippen LogP contribution in [0.3, 0.4) is 0 Å². The Balaban J connectivity index is 2.88. The van der Waals surface area contributed by atoms with Crippen LogP contribution in [0.2, 0.25) is 0 Å². The van der Waals surface area contributed by atoms with Gasteiger partial charge in [0, 0.05) is 4.86 Å². The molecule has 56 valence electrons. The van der Waals surface area contributed by atoms with E-state index in [1.54, 1.807) is 0 Å². The van der Waals surface area contributed by atoms with E-state index in [0.717, 1.165) is 0 Å². The van der Waals surface area contributed by atoms with Crippen LogP contribution in [0.15, 0.2) is 11.1 Å². The highest BCUT2D eigenvalue weighted by molar-refractivity contribution is 7.80. The van der Waals surface area contributed by atoms with Crippen molar-refractivity contribution < 1.29 is 0 Å². The van der Waals surface area contributed by atoms with Crippen LogP contribution in [0.25, 0.3) is 0 Å². The number of rotatable bonds is 0. The topological polar surface area (TPSA) is 0 Å². The lowest BCUT2D eigenvalue weighted by Gasteiger charge is -2.21. The van der Waals surface area contributed by atoms with E-state index in [1.165, 1.54) is 28.9 Å². The summed E-state index contributed by atoms with van der Waals surface area (Å²) < 4.78 is 0. The summed E-state index contributed by atoms with van der Waals surface area (Å²) in [4.78, 5) is 1.18. The van der Waals surface area contributed by atoms with Crippen LogP contribution in [0, 0.1) is 5.92 Å². The Morgan fingerprint density at radius 2 is 2.00 bits per heavy atom. The maximum atomic E-state index is 5.27. The predicted octanol–water partition coefficient (Wildman–Crippen LogP) is 3.12. The normalized spacial score (nSPS) is 27.5. The number of hydrogen-bond donors (Lipinski definition) is 0. The number of hydrogen-bond acceptors (Lipinski definition) is 1. The van der Waals surface area contributed by atoms with Crippen molar-refractivity contribution in [2.75, 3.05) is 0 Å². The Morgan fingerprint density at radius 1 is 1.40 bits per heavy atom. The first-order valence-corrected chi connectivity index (χ1v) is 4.24. The van der Waals surface area contributed by atoms with Crippen molar-refractivity contribution >= 4 is 17.1 Å². The molecule has 0 heterocycles. The summed E-state index contributed by atoms with van der Waals surface area (Å²) in [5, 5.41) is 0. The molecule has 1 aliphatic carbocycles. The van der Waals surface area contributed by atoms with Crippen molar-refractivity contribution in [1.29, 1.82) is 0 Å². The minimum Gasteiger partial charge on any atom is -0.0843 e. The molecule has 0 N–H and O–H groups in total. The molecule has 10 heavy (non-hydrogen) atoms. The van der Waals surface area contributed by atoms with Gasteiger partial charge in [-0.15, -0.1) is 0 Å². The number of allylic oxidation sites excluding steroid dienone is 2. The first-order chi connectivity index (χ1) is 4.63. The lowest BCUT2D eigenvalue weighted by molar-refractivity contribution is 0.665. The first kappa shape index (κ1) is 7.93. The zero-order valence-corrected chi connectivity index (χ0v) is 7.72. The largest absolute Gasteiger partial charge is 0.0843 e. The number of thiocarbonyl (C=S) groups is 1. The SMILES string of the molecule is CC1=C(C)C(=S)C(C)CC1. The Labute approximate surface area is 68.3 Å². The third kappa shape index (κ3) is 1.29. The van der Waals surface area contributed by atoms with Gasteiger partial charge in [0.05, 0.1) is 0 Å². The summed E-state index contributed by atoms with van der Waals surface area (Å²) in [6, 6.07) is 0. The van der Waals surface area contributed by atoms with Gasteiger partial charge in [-0.25, -0.2) is 0 Å². The summed E-state index contributed by atoms with van der Waals surface area (Å²) in [7, 11) is 0. The van der Waals surface area contributed by atoms with E-state index in [2.05, 4.69) is 20.8 Å². The molecule has 0 saturated carbocycles. The van der Waals surface area contributed by atoms with Crippen LogP contribution in [0.1, 0.15) is 33.6 Å². The zero-order valence-electron chi connectivity index (χ0n) is 6.90. The van der Waals surface area contributed by atoms with Crippen molar-refractivity contribution in [2.45, 2.75) is 33.6 Å². The smallest absolute Gasteiger partial charge is 0.0209 e. The fraction of sp³-hybridized carbons (Fsp3) is 0.667. The Kier molecular flexibility index (Phi) is 2.24. The molecule has 1 rings (SSSR count). The average molecular weight is 154 g/mol. The molecule has 0 radical (unpaired) electrons. The van der Waals surface area contributed by atoms with Gasteiger partial charge < -0.3 is 0 Å². The highest BCUT2D eigenvalue weighted by atomic mass is 32.1. The van der Waals surface area contributed by atoms with Gasteiger partial charge >= 0.3 is 0 Å². The van der Waals surface area contributed by atoms with Crippen LogP contribution in [0.5, 0.6) is 0 Å². The van der Waals surface area contributed by atoms with E-state index in [1.807, 2.05) is 0 Å². The van der Waals surface area contributed by atoms with E-state index < -0.39 is 0 Å². The van der Waals surface area contributed by atoms with Crippen LogP contribution in [-0.2, 0) is 0 Å². The maximum Gasteiger partial charge on any atom is 0.0209 e. The van der Waals surface area contributed by atoms with Gasteiger partial charge in [-0.05, 0) is 38.2 Å². The second-order valence-corrected chi connectivity index (χ2v) is 3.65. The second kappa shape index (κ2) is 2.83. The zero-order chi connectivity index (χ0) is 7.72. The van der Waals surface area contributed by atoms with E-state index >= 15 is 0 Å². The van der Waals surface area contributed by atoms with E-state index in [-0.39, 0.29) is 0 Å². The van der Waals surface area contributed by atoms with Crippen molar-refractivity contribution in [1.82, 2.24) is 0 Å². The highest BCUT2D eigenvalue weighted by Crippen LogP contribution is 2.26. The molecule has 0 amide bonds. The molecule has 0 fully saturated rings. The standard InChI is InChI=1S/C9H14S/c1-6-4-5-7(2)9(10)8(6)3/h7H,4-5H2,1-3H3. The molecule has 0 bridgehead atoms. The van der Waals surface area contributed by atoms with Crippen molar-refractivity contribution in [3.8, 4) is 0 Å². The Hall–Kier alpha value is -0.170. The first-order valence-electron chi connectivity index (χ1n) is 3.83. The summed E-state index contributed by atoms with van der Waals surface area (Å²) >= 11 is 5.27. The average Bonchev–Trinajstić information content (AvgIpc) is 1.93. The molecule has 0 aromatic carbocycles. The molecule has 0 aromatic heterocycles. The summed E-state index contributed by atoms with van der Waals surface area (Å²) in [6.07, 6.45) is 2.50. The van der Waals surface area contributed by atoms with E-state index in [0.29, 0.717) is 5.92 Å². The molecule has 1 unspecified atom stereocenters. The maximum absolute atomic E-state index is 5.27. The molecule has 1 atom stereocenters. The quantitative estimate of drug-likeness (QED) is 0.483. The van der Waals surface area contributed by atoms with Crippen molar-refractivity contribution in [2.24, 2.45) is 5.92 Å². The lowest BCUT2D eigenvalue weighted by atomic mass is 9.86. The van der Waals surface area contributed by atoms with Gasteiger partial charge in [-0.3, -0.25) is 0 Å². The molecule has 1 heteroatoms. The Bertz CT molecular complexity index is 189. The highest BCUT2D eigenvalue weighted by Gasteiger charge is 2.17. The van der Waals surface area contributed by atoms with E-state index in [4.69, 9.17) is 12.2 Å². The fourth-order valence-corrected chi connectivity index (χ4v) is 1.62. The molecular weight excluding hydrogens is 140 g/mol. The molecule has 0 saturated heterocycles. The minimum absolute atomic E-state index is 0.638. The van der Waals surface area contributed by atoms with E-state index in [9.17, 15) is 0 Å². The van der Waals surface area contributed by atoms with Crippen LogP contribution in [-0.4, -0.2) is 4.86 Å². The lowest BCUT2D eigenvalue weighted by Crippen LogP contribution is -2.15. The van der Waals surface area contributed by atoms with Crippen LogP contribution >= 0.6 is 12.2 Å². The van der Waals surface area contributed by atoms with Gasteiger partial charge in [0.15, 0.2) is 0 Å². The van der Waals surface area contributed by atoms with Gasteiger partial charge in [0.1, 0.15) is 0 Å². The third-order valence-corrected chi connectivity index (χ3v) is 3.12. The Morgan fingerprint density at radius 3 is 2.50 bits per heavy atom. The summed E-state index contributed by atoms with van der Waals surface area (Å²) in [5.41, 5.74) is 2.86. The molecule has 1 aliphatic rings. The van der Waals surface area contributed by atoms with Crippen molar-refractivity contribution in [3.05, 3.63) is 11.1 Å². The molecule has 0 nitrogen and oxygen atoms in total. The van der Waals surface area contributed by atoms with Crippen LogP contribution < -0.4 is 0 Å². The predicted molar refractivity (Wildman–Crippen MR) is 49.4 cm³/mol.